The summed E-state index contributed by atoms with van der Waals surface area (Å²) >= 11 is 5.76. The Bertz CT molecular complexity index is 852. The molecule has 0 radical (unpaired) electrons. The van der Waals surface area contributed by atoms with Crippen molar-refractivity contribution in [1.82, 2.24) is 5.32 Å². The van der Waals surface area contributed by atoms with Crippen LogP contribution in [-0.2, 0) is 9.53 Å². The minimum Gasteiger partial charge on any atom is -0.444 e. The first kappa shape index (κ1) is 17.9. The Hall–Kier alpha value is -2.93. The van der Waals surface area contributed by atoms with Gasteiger partial charge in [0.2, 0.25) is 6.10 Å². The van der Waals surface area contributed by atoms with Crippen molar-refractivity contribution in [3.8, 4) is 0 Å². The normalized spacial score (nSPS) is 14.3. The van der Waals surface area contributed by atoms with E-state index in [2.05, 4.69) is 5.32 Å². The quantitative estimate of drug-likeness (QED) is 0.474. The van der Waals surface area contributed by atoms with Crippen LogP contribution in [0.5, 0.6) is 0 Å². The van der Waals surface area contributed by atoms with Crippen molar-refractivity contribution in [2.75, 3.05) is 0 Å². The standard InChI is InChI=1S/C18H15ClN2O5/c19-12-6-9-14(15(10-12)21(24)25)18(23)26-16(11-4-2-1-3-5-11)17(22)20-13-7-8-13/h1-6,9-10,13,16H,7-8H2,(H,20,22). The molecule has 1 atom stereocenters. The SMILES string of the molecule is O=C(OC(C(=O)NC1CC1)c1ccccc1)c1ccc(Cl)cc1[N+](=O)[O-]. The van der Waals surface area contributed by atoms with E-state index in [0.717, 1.165) is 18.9 Å². The summed E-state index contributed by atoms with van der Waals surface area (Å²) in [6, 6.07) is 12.2. The van der Waals surface area contributed by atoms with Crippen LogP contribution in [0.3, 0.4) is 0 Å². The molecule has 0 aliphatic heterocycles. The molecular formula is C18H15ClN2O5. The van der Waals surface area contributed by atoms with E-state index in [4.69, 9.17) is 16.3 Å². The second-order valence-corrected chi connectivity index (χ2v) is 6.33. The molecule has 1 fully saturated rings. The number of rotatable bonds is 6. The number of nitrogens with zero attached hydrogens (tertiary/aromatic N) is 1. The van der Waals surface area contributed by atoms with Crippen LogP contribution < -0.4 is 5.32 Å². The fraction of sp³-hybridized carbons (Fsp3) is 0.222. The highest BCUT2D eigenvalue weighted by molar-refractivity contribution is 6.31. The Balaban J connectivity index is 1.88. The molecule has 1 aliphatic carbocycles. The number of halogens is 1. The Labute approximate surface area is 154 Å². The van der Waals surface area contributed by atoms with Crippen LogP contribution >= 0.6 is 11.6 Å². The lowest BCUT2D eigenvalue weighted by Crippen LogP contribution is -2.33. The molecule has 0 aromatic heterocycles. The second-order valence-electron chi connectivity index (χ2n) is 5.90. The average Bonchev–Trinajstić information content (AvgIpc) is 3.43. The Kier molecular flexibility index (Phi) is 5.18. The number of ether oxygens (including phenoxy) is 1. The highest BCUT2D eigenvalue weighted by Crippen LogP contribution is 2.28. The second kappa shape index (κ2) is 7.53. The van der Waals surface area contributed by atoms with Crippen LogP contribution in [0.2, 0.25) is 5.02 Å². The number of hydrogen-bond donors (Lipinski definition) is 1. The summed E-state index contributed by atoms with van der Waals surface area (Å²) in [7, 11) is 0. The van der Waals surface area contributed by atoms with Gasteiger partial charge in [0, 0.05) is 22.7 Å². The third kappa shape index (κ3) is 4.18. The highest BCUT2D eigenvalue weighted by atomic mass is 35.5. The number of nitrogens with one attached hydrogen (secondary N) is 1. The van der Waals surface area contributed by atoms with Crippen molar-refractivity contribution < 1.29 is 19.2 Å². The van der Waals surface area contributed by atoms with E-state index in [1.54, 1.807) is 30.3 Å². The van der Waals surface area contributed by atoms with Gasteiger partial charge in [0.05, 0.1) is 4.92 Å². The van der Waals surface area contributed by atoms with Crippen molar-refractivity contribution >= 4 is 29.2 Å². The van der Waals surface area contributed by atoms with Crippen LogP contribution in [0.4, 0.5) is 5.69 Å². The lowest BCUT2D eigenvalue weighted by atomic mass is 10.1. The molecule has 7 nitrogen and oxygen atoms in total. The van der Waals surface area contributed by atoms with Crippen LogP contribution in [-0.4, -0.2) is 22.8 Å². The highest BCUT2D eigenvalue weighted by Gasteiger charge is 2.32. The van der Waals surface area contributed by atoms with Gasteiger partial charge < -0.3 is 10.1 Å². The molecule has 1 N–H and O–H groups in total. The number of nitro groups is 1. The summed E-state index contributed by atoms with van der Waals surface area (Å²) in [6.45, 7) is 0. The van der Waals surface area contributed by atoms with Gasteiger partial charge in [0.1, 0.15) is 5.56 Å². The predicted octanol–water partition coefficient (Wildman–Crippen LogP) is 3.42. The molecular weight excluding hydrogens is 360 g/mol. The van der Waals surface area contributed by atoms with E-state index < -0.39 is 28.6 Å². The Morgan fingerprint density at radius 2 is 1.88 bits per heavy atom. The van der Waals surface area contributed by atoms with Crippen molar-refractivity contribution in [3.05, 3.63) is 74.8 Å². The third-order valence-corrected chi connectivity index (χ3v) is 4.10. The van der Waals surface area contributed by atoms with Gasteiger partial charge in [0.25, 0.3) is 11.6 Å². The van der Waals surface area contributed by atoms with Crippen LogP contribution in [0.1, 0.15) is 34.9 Å². The van der Waals surface area contributed by atoms with Gasteiger partial charge in [-0.15, -0.1) is 0 Å². The first-order valence-corrected chi connectivity index (χ1v) is 8.34. The molecule has 1 aliphatic rings. The Morgan fingerprint density at radius 1 is 1.19 bits per heavy atom. The van der Waals surface area contributed by atoms with Gasteiger partial charge in [-0.1, -0.05) is 41.9 Å². The zero-order valence-electron chi connectivity index (χ0n) is 13.6. The number of amides is 1. The van der Waals surface area contributed by atoms with Crippen molar-refractivity contribution in [2.24, 2.45) is 0 Å². The van der Waals surface area contributed by atoms with Crippen LogP contribution in [0.15, 0.2) is 48.5 Å². The molecule has 134 valence electrons. The first-order chi connectivity index (χ1) is 12.5. The number of benzene rings is 2. The number of nitro benzene ring substituents is 1. The van der Waals surface area contributed by atoms with Crippen molar-refractivity contribution in [2.45, 2.75) is 25.0 Å². The largest absolute Gasteiger partial charge is 0.444 e. The maximum Gasteiger partial charge on any atom is 0.346 e. The summed E-state index contributed by atoms with van der Waals surface area (Å²) in [5.41, 5.74) is -0.257. The van der Waals surface area contributed by atoms with E-state index in [1.807, 2.05) is 0 Å². The maximum absolute atomic E-state index is 12.5. The Morgan fingerprint density at radius 3 is 2.50 bits per heavy atom. The topological polar surface area (TPSA) is 98.5 Å². The summed E-state index contributed by atoms with van der Waals surface area (Å²) < 4.78 is 5.35. The molecule has 26 heavy (non-hydrogen) atoms. The first-order valence-electron chi connectivity index (χ1n) is 7.96. The fourth-order valence-corrected chi connectivity index (χ4v) is 2.57. The molecule has 2 aromatic carbocycles. The van der Waals surface area contributed by atoms with Gasteiger partial charge >= 0.3 is 5.97 Å². The molecule has 0 spiro atoms. The van der Waals surface area contributed by atoms with Gasteiger partial charge in [-0.2, -0.15) is 0 Å². The molecule has 1 unspecified atom stereocenters. The van der Waals surface area contributed by atoms with Gasteiger partial charge in [-0.25, -0.2) is 4.79 Å². The number of hydrogen-bond acceptors (Lipinski definition) is 5. The molecule has 2 aromatic rings. The molecule has 0 heterocycles. The maximum atomic E-state index is 12.5. The van der Waals surface area contributed by atoms with Crippen molar-refractivity contribution in [1.29, 1.82) is 0 Å². The monoisotopic (exact) mass is 374 g/mol. The summed E-state index contributed by atoms with van der Waals surface area (Å²) in [6.07, 6.45) is 0.563. The van der Waals surface area contributed by atoms with Gasteiger partial charge in [-0.3, -0.25) is 14.9 Å². The third-order valence-electron chi connectivity index (χ3n) is 3.87. The van der Waals surface area contributed by atoms with Gasteiger partial charge in [-0.05, 0) is 25.0 Å². The molecule has 3 rings (SSSR count). The van der Waals surface area contributed by atoms with Crippen LogP contribution in [0, 0.1) is 10.1 Å². The molecule has 1 amide bonds. The minimum atomic E-state index is -1.19. The predicted molar refractivity (Wildman–Crippen MR) is 93.9 cm³/mol. The molecule has 0 bridgehead atoms. The van der Waals surface area contributed by atoms with E-state index in [0.29, 0.717) is 5.56 Å². The van der Waals surface area contributed by atoms with E-state index >= 15 is 0 Å². The van der Waals surface area contributed by atoms with E-state index in [-0.39, 0.29) is 16.6 Å². The molecule has 8 heteroatoms. The van der Waals surface area contributed by atoms with Crippen molar-refractivity contribution in [3.63, 3.8) is 0 Å². The smallest absolute Gasteiger partial charge is 0.346 e. The zero-order chi connectivity index (χ0) is 18.7. The number of esters is 1. The number of carbonyl (C=O) groups excluding carboxylic acids is 2. The lowest BCUT2D eigenvalue weighted by Gasteiger charge is -2.18. The van der Waals surface area contributed by atoms with Gasteiger partial charge in [0.15, 0.2) is 0 Å². The molecule has 1 saturated carbocycles. The summed E-state index contributed by atoms with van der Waals surface area (Å²) in [4.78, 5) is 35.5. The summed E-state index contributed by atoms with van der Waals surface area (Å²) in [5, 5.41) is 14.1. The molecule has 0 saturated heterocycles. The average molecular weight is 375 g/mol. The van der Waals surface area contributed by atoms with E-state index in [1.165, 1.54) is 12.1 Å². The zero-order valence-corrected chi connectivity index (χ0v) is 14.3. The van der Waals surface area contributed by atoms with E-state index in [9.17, 15) is 19.7 Å². The lowest BCUT2D eigenvalue weighted by molar-refractivity contribution is -0.385. The summed E-state index contributed by atoms with van der Waals surface area (Å²) in [5.74, 6) is -1.42. The minimum absolute atomic E-state index is 0.0808. The number of carbonyl (C=O) groups is 2. The van der Waals surface area contributed by atoms with Crippen LogP contribution in [0.25, 0.3) is 0 Å². The fourth-order valence-electron chi connectivity index (χ4n) is 2.40.